The van der Waals surface area contributed by atoms with Crippen LogP contribution in [0, 0.1) is 0 Å². The molecule has 112 valence electrons. The summed E-state index contributed by atoms with van der Waals surface area (Å²) in [7, 11) is 0. The molecule has 1 N–H and O–H groups in total. The van der Waals surface area contributed by atoms with Crippen LogP contribution in [0.1, 0.15) is 16.8 Å². The van der Waals surface area contributed by atoms with Gasteiger partial charge in [0.05, 0.1) is 12.2 Å². The summed E-state index contributed by atoms with van der Waals surface area (Å²) < 4.78 is 7.80. The third kappa shape index (κ3) is 3.11. The predicted octanol–water partition coefficient (Wildman–Crippen LogP) is 3.81. The van der Waals surface area contributed by atoms with E-state index in [9.17, 15) is 4.79 Å². The summed E-state index contributed by atoms with van der Waals surface area (Å²) in [6, 6.07) is 16.9. The van der Waals surface area contributed by atoms with Crippen LogP contribution in [0.25, 0.3) is 10.9 Å². The fourth-order valence-corrected chi connectivity index (χ4v) is 2.47. The molecule has 0 bridgehead atoms. The lowest BCUT2D eigenvalue weighted by Crippen LogP contribution is -2.03. The summed E-state index contributed by atoms with van der Waals surface area (Å²) in [5.74, 6) is -0.0168. The SMILES string of the molecule is O=C(O)c1ccc2c(ccn2CCCOc2ccccc2)c1. The third-order valence-corrected chi connectivity index (χ3v) is 3.57. The van der Waals surface area contributed by atoms with Crippen molar-refractivity contribution in [2.24, 2.45) is 0 Å². The fraction of sp³-hybridized carbons (Fsp3) is 0.167. The van der Waals surface area contributed by atoms with Crippen LogP contribution >= 0.6 is 0 Å². The number of carbonyl (C=O) groups is 1. The summed E-state index contributed by atoms with van der Waals surface area (Å²) in [5, 5.41) is 9.96. The van der Waals surface area contributed by atoms with Crippen molar-refractivity contribution in [1.82, 2.24) is 4.57 Å². The van der Waals surface area contributed by atoms with Gasteiger partial charge >= 0.3 is 5.97 Å². The van der Waals surface area contributed by atoms with Crippen molar-refractivity contribution in [1.29, 1.82) is 0 Å². The van der Waals surface area contributed by atoms with Gasteiger partial charge < -0.3 is 14.4 Å². The number of fused-ring (bicyclic) bond motifs is 1. The number of nitrogens with zero attached hydrogens (tertiary/aromatic N) is 1. The van der Waals surface area contributed by atoms with E-state index in [2.05, 4.69) is 4.57 Å². The van der Waals surface area contributed by atoms with Gasteiger partial charge in [0.2, 0.25) is 0 Å². The van der Waals surface area contributed by atoms with Gasteiger partial charge in [-0.15, -0.1) is 0 Å². The summed E-state index contributed by atoms with van der Waals surface area (Å²) in [6.07, 6.45) is 2.87. The molecule has 0 saturated heterocycles. The van der Waals surface area contributed by atoms with E-state index in [0.29, 0.717) is 12.2 Å². The maximum atomic E-state index is 11.0. The molecule has 1 aromatic heterocycles. The van der Waals surface area contributed by atoms with Crippen LogP contribution < -0.4 is 4.74 Å². The van der Waals surface area contributed by atoms with E-state index in [4.69, 9.17) is 9.84 Å². The van der Waals surface area contributed by atoms with Gasteiger partial charge in [0.15, 0.2) is 0 Å². The van der Waals surface area contributed by atoms with Crippen LogP contribution in [-0.2, 0) is 6.54 Å². The van der Waals surface area contributed by atoms with Gasteiger partial charge in [-0.1, -0.05) is 18.2 Å². The number of ether oxygens (including phenoxy) is 1. The number of hydrogen-bond donors (Lipinski definition) is 1. The first-order chi connectivity index (χ1) is 10.7. The van der Waals surface area contributed by atoms with E-state index in [1.165, 1.54) is 0 Å². The Kier molecular flexibility index (Phi) is 4.10. The summed E-state index contributed by atoms with van der Waals surface area (Å²) in [4.78, 5) is 11.0. The van der Waals surface area contributed by atoms with Crippen LogP contribution in [0.15, 0.2) is 60.8 Å². The summed E-state index contributed by atoms with van der Waals surface area (Å²) >= 11 is 0. The Balaban J connectivity index is 1.61. The number of para-hydroxylation sites is 1. The molecule has 0 saturated carbocycles. The Morgan fingerprint density at radius 2 is 1.91 bits per heavy atom. The van der Waals surface area contributed by atoms with Gasteiger partial charge in [-0.25, -0.2) is 4.79 Å². The second kappa shape index (κ2) is 6.35. The van der Waals surface area contributed by atoms with E-state index in [1.807, 2.05) is 48.7 Å². The lowest BCUT2D eigenvalue weighted by molar-refractivity contribution is 0.0697. The van der Waals surface area contributed by atoms with Gasteiger partial charge in [0.1, 0.15) is 5.75 Å². The average molecular weight is 295 g/mol. The second-order valence-corrected chi connectivity index (χ2v) is 5.10. The highest BCUT2D eigenvalue weighted by Gasteiger charge is 2.06. The number of rotatable bonds is 6. The van der Waals surface area contributed by atoms with Crippen LogP contribution in [0.2, 0.25) is 0 Å². The van der Waals surface area contributed by atoms with Crippen molar-refractivity contribution in [2.75, 3.05) is 6.61 Å². The molecular weight excluding hydrogens is 278 g/mol. The Labute approximate surface area is 128 Å². The first-order valence-corrected chi connectivity index (χ1v) is 7.24. The Morgan fingerprint density at radius 3 is 2.68 bits per heavy atom. The van der Waals surface area contributed by atoms with E-state index in [1.54, 1.807) is 12.1 Å². The largest absolute Gasteiger partial charge is 0.494 e. The van der Waals surface area contributed by atoms with E-state index >= 15 is 0 Å². The number of aromatic nitrogens is 1. The van der Waals surface area contributed by atoms with Gasteiger partial charge in [-0.2, -0.15) is 0 Å². The molecule has 0 aliphatic heterocycles. The maximum absolute atomic E-state index is 11.0. The Hall–Kier alpha value is -2.75. The minimum atomic E-state index is -0.897. The molecule has 22 heavy (non-hydrogen) atoms. The molecule has 0 spiro atoms. The van der Waals surface area contributed by atoms with Crippen molar-refractivity contribution in [3.05, 3.63) is 66.4 Å². The molecule has 0 aliphatic rings. The number of benzene rings is 2. The zero-order valence-corrected chi connectivity index (χ0v) is 12.1. The molecule has 3 aromatic rings. The first-order valence-electron chi connectivity index (χ1n) is 7.24. The van der Waals surface area contributed by atoms with Gasteiger partial charge in [-0.05, 0) is 42.8 Å². The number of aromatic carboxylic acids is 1. The molecule has 2 aromatic carbocycles. The molecule has 0 aliphatic carbocycles. The van der Waals surface area contributed by atoms with Crippen LogP contribution in [0.4, 0.5) is 0 Å². The van der Waals surface area contributed by atoms with Gasteiger partial charge in [0, 0.05) is 23.6 Å². The topological polar surface area (TPSA) is 51.5 Å². The maximum Gasteiger partial charge on any atom is 0.335 e. The Bertz CT molecular complexity index is 777. The lowest BCUT2D eigenvalue weighted by Gasteiger charge is -2.08. The fourth-order valence-electron chi connectivity index (χ4n) is 2.47. The van der Waals surface area contributed by atoms with Gasteiger partial charge in [0.25, 0.3) is 0 Å². The average Bonchev–Trinajstić information content (AvgIpc) is 2.95. The monoisotopic (exact) mass is 295 g/mol. The predicted molar refractivity (Wildman–Crippen MR) is 85.5 cm³/mol. The van der Waals surface area contributed by atoms with Crippen LogP contribution in [0.3, 0.4) is 0 Å². The number of carboxylic acids is 1. The quantitative estimate of drug-likeness (QED) is 0.704. The van der Waals surface area contributed by atoms with Crippen LogP contribution in [-0.4, -0.2) is 22.2 Å². The third-order valence-electron chi connectivity index (χ3n) is 3.57. The molecule has 0 atom stereocenters. The van der Waals surface area contributed by atoms with Crippen molar-refractivity contribution < 1.29 is 14.6 Å². The van der Waals surface area contributed by atoms with Crippen molar-refractivity contribution >= 4 is 16.9 Å². The van der Waals surface area contributed by atoms with Crippen molar-refractivity contribution in [3.8, 4) is 5.75 Å². The molecular formula is C18H17NO3. The zero-order valence-electron chi connectivity index (χ0n) is 12.1. The standard InChI is InChI=1S/C18H17NO3/c20-18(21)15-7-8-17-14(13-15)9-11-19(17)10-4-12-22-16-5-2-1-3-6-16/h1-3,5-9,11,13H,4,10,12H2,(H,20,21). The molecule has 4 nitrogen and oxygen atoms in total. The van der Waals surface area contributed by atoms with E-state index < -0.39 is 5.97 Å². The zero-order chi connectivity index (χ0) is 15.4. The minimum absolute atomic E-state index is 0.317. The molecule has 4 heteroatoms. The normalized spacial score (nSPS) is 10.7. The molecule has 0 radical (unpaired) electrons. The molecule has 1 heterocycles. The number of carboxylic acid groups (broad SMARTS) is 1. The molecule has 0 amide bonds. The lowest BCUT2D eigenvalue weighted by atomic mass is 10.1. The van der Waals surface area contributed by atoms with Crippen LogP contribution in [0.5, 0.6) is 5.75 Å². The second-order valence-electron chi connectivity index (χ2n) is 5.10. The minimum Gasteiger partial charge on any atom is -0.494 e. The van der Waals surface area contributed by atoms with Gasteiger partial charge in [-0.3, -0.25) is 0 Å². The van der Waals surface area contributed by atoms with Crippen molar-refractivity contribution in [3.63, 3.8) is 0 Å². The van der Waals surface area contributed by atoms with Crippen molar-refractivity contribution in [2.45, 2.75) is 13.0 Å². The van der Waals surface area contributed by atoms with E-state index in [0.717, 1.165) is 29.6 Å². The number of aryl methyl sites for hydroxylation is 1. The highest BCUT2D eigenvalue weighted by atomic mass is 16.5. The smallest absolute Gasteiger partial charge is 0.335 e. The highest BCUT2D eigenvalue weighted by molar-refractivity contribution is 5.93. The first kappa shape index (κ1) is 14.2. The Morgan fingerprint density at radius 1 is 1.09 bits per heavy atom. The number of hydrogen-bond acceptors (Lipinski definition) is 2. The summed E-state index contributed by atoms with van der Waals surface area (Å²) in [5.41, 5.74) is 1.36. The molecule has 0 fully saturated rings. The summed E-state index contributed by atoms with van der Waals surface area (Å²) in [6.45, 7) is 1.49. The molecule has 3 rings (SSSR count). The highest BCUT2D eigenvalue weighted by Crippen LogP contribution is 2.18. The van der Waals surface area contributed by atoms with E-state index in [-0.39, 0.29) is 0 Å². The molecule has 0 unspecified atom stereocenters.